The number of rotatable bonds is 3. The number of aromatic nitrogens is 1. The van der Waals surface area contributed by atoms with Crippen LogP contribution in [0.1, 0.15) is 11.1 Å². The standard InChI is InChI=1S/C16H16N2/c1-12-5-2-3-7-15(12)18-11-13-6-4-8-16-14(13)9-10-17-16/h2-10,17-18H,11H2,1H3. The van der Waals surface area contributed by atoms with Gasteiger partial charge in [-0.2, -0.15) is 0 Å². The summed E-state index contributed by atoms with van der Waals surface area (Å²) in [6.45, 7) is 2.97. The third-order valence-corrected chi connectivity index (χ3v) is 3.30. The van der Waals surface area contributed by atoms with E-state index in [9.17, 15) is 0 Å². The lowest BCUT2D eigenvalue weighted by atomic mass is 10.1. The fourth-order valence-corrected chi connectivity index (χ4v) is 2.27. The normalized spacial score (nSPS) is 10.7. The Bertz CT molecular complexity index is 667. The molecular formula is C16H16N2. The highest BCUT2D eigenvalue weighted by Crippen LogP contribution is 2.20. The van der Waals surface area contributed by atoms with Crippen molar-refractivity contribution in [2.24, 2.45) is 0 Å². The number of fused-ring (bicyclic) bond motifs is 1. The molecule has 0 radical (unpaired) electrons. The minimum absolute atomic E-state index is 0.847. The van der Waals surface area contributed by atoms with E-state index in [1.807, 2.05) is 6.20 Å². The van der Waals surface area contributed by atoms with Crippen LogP contribution in [0, 0.1) is 6.92 Å². The molecule has 0 amide bonds. The van der Waals surface area contributed by atoms with Gasteiger partial charge in [0.15, 0.2) is 0 Å². The zero-order valence-corrected chi connectivity index (χ0v) is 10.4. The number of aromatic amines is 1. The van der Waals surface area contributed by atoms with Gasteiger partial charge in [0.2, 0.25) is 0 Å². The highest BCUT2D eigenvalue weighted by Gasteiger charge is 2.02. The van der Waals surface area contributed by atoms with Crippen LogP contribution >= 0.6 is 0 Å². The number of benzene rings is 2. The second-order valence-electron chi connectivity index (χ2n) is 4.52. The molecule has 0 saturated carbocycles. The maximum absolute atomic E-state index is 3.50. The van der Waals surface area contributed by atoms with Crippen molar-refractivity contribution in [2.75, 3.05) is 5.32 Å². The van der Waals surface area contributed by atoms with Crippen LogP contribution in [-0.4, -0.2) is 4.98 Å². The van der Waals surface area contributed by atoms with E-state index < -0.39 is 0 Å². The number of anilines is 1. The Balaban J connectivity index is 1.85. The summed E-state index contributed by atoms with van der Waals surface area (Å²) < 4.78 is 0. The first kappa shape index (κ1) is 10.9. The average molecular weight is 236 g/mol. The lowest BCUT2D eigenvalue weighted by Gasteiger charge is -2.10. The van der Waals surface area contributed by atoms with Gasteiger partial charge in [0.05, 0.1) is 0 Å². The average Bonchev–Trinajstić information content (AvgIpc) is 2.86. The van der Waals surface area contributed by atoms with Crippen LogP contribution in [0.3, 0.4) is 0 Å². The Morgan fingerprint density at radius 3 is 2.78 bits per heavy atom. The summed E-state index contributed by atoms with van der Waals surface area (Å²) in [6.07, 6.45) is 1.99. The summed E-state index contributed by atoms with van der Waals surface area (Å²) >= 11 is 0. The number of hydrogen-bond acceptors (Lipinski definition) is 1. The maximum Gasteiger partial charge on any atom is 0.0457 e. The van der Waals surface area contributed by atoms with E-state index in [-0.39, 0.29) is 0 Å². The third kappa shape index (κ3) is 1.97. The molecule has 0 fully saturated rings. The summed E-state index contributed by atoms with van der Waals surface area (Å²) in [4.78, 5) is 3.24. The summed E-state index contributed by atoms with van der Waals surface area (Å²) in [7, 11) is 0. The van der Waals surface area contributed by atoms with Gasteiger partial charge < -0.3 is 10.3 Å². The molecule has 90 valence electrons. The van der Waals surface area contributed by atoms with Crippen LogP contribution in [0.5, 0.6) is 0 Å². The summed E-state index contributed by atoms with van der Waals surface area (Å²) in [5.41, 5.74) is 4.99. The Kier molecular flexibility index (Phi) is 2.77. The summed E-state index contributed by atoms with van der Waals surface area (Å²) in [6, 6.07) is 16.9. The Morgan fingerprint density at radius 1 is 1.00 bits per heavy atom. The molecule has 0 atom stereocenters. The van der Waals surface area contributed by atoms with Crippen molar-refractivity contribution < 1.29 is 0 Å². The molecule has 0 bridgehead atoms. The van der Waals surface area contributed by atoms with Crippen LogP contribution in [0.25, 0.3) is 10.9 Å². The number of para-hydroxylation sites is 1. The first-order valence-electron chi connectivity index (χ1n) is 6.19. The number of hydrogen-bond donors (Lipinski definition) is 2. The van der Waals surface area contributed by atoms with E-state index in [1.165, 1.54) is 27.7 Å². The van der Waals surface area contributed by atoms with Crippen molar-refractivity contribution in [2.45, 2.75) is 13.5 Å². The monoisotopic (exact) mass is 236 g/mol. The van der Waals surface area contributed by atoms with Gasteiger partial charge in [-0.3, -0.25) is 0 Å². The van der Waals surface area contributed by atoms with Gasteiger partial charge in [-0.05, 0) is 36.2 Å². The van der Waals surface area contributed by atoms with Crippen molar-refractivity contribution in [3.8, 4) is 0 Å². The lowest BCUT2D eigenvalue weighted by Crippen LogP contribution is -2.01. The van der Waals surface area contributed by atoms with Gasteiger partial charge in [-0.25, -0.2) is 0 Å². The van der Waals surface area contributed by atoms with E-state index in [1.54, 1.807) is 0 Å². The largest absolute Gasteiger partial charge is 0.381 e. The molecule has 0 aliphatic carbocycles. The predicted octanol–water partition coefficient (Wildman–Crippen LogP) is 4.09. The molecule has 3 rings (SSSR count). The van der Waals surface area contributed by atoms with Gasteiger partial charge in [-0.15, -0.1) is 0 Å². The van der Waals surface area contributed by atoms with Crippen LogP contribution in [0.15, 0.2) is 54.7 Å². The van der Waals surface area contributed by atoms with E-state index in [0.717, 1.165) is 6.54 Å². The Morgan fingerprint density at radius 2 is 1.89 bits per heavy atom. The maximum atomic E-state index is 3.50. The molecule has 3 aromatic rings. The van der Waals surface area contributed by atoms with Crippen LogP contribution in [0.4, 0.5) is 5.69 Å². The van der Waals surface area contributed by atoms with Crippen molar-refractivity contribution >= 4 is 16.6 Å². The molecule has 0 aliphatic rings. The molecule has 2 aromatic carbocycles. The minimum Gasteiger partial charge on any atom is -0.381 e. The molecule has 0 aliphatic heterocycles. The molecule has 1 heterocycles. The molecule has 1 aromatic heterocycles. The van der Waals surface area contributed by atoms with Crippen molar-refractivity contribution in [3.05, 3.63) is 65.9 Å². The molecule has 2 heteroatoms. The molecule has 2 N–H and O–H groups in total. The van der Waals surface area contributed by atoms with Gasteiger partial charge >= 0.3 is 0 Å². The second kappa shape index (κ2) is 4.57. The van der Waals surface area contributed by atoms with Crippen LogP contribution < -0.4 is 5.32 Å². The van der Waals surface area contributed by atoms with Crippen LogP contribution in [0.2, 0.25) is 0 Å². The van der Waals surface area contributed by atoms with Gasteiger partial charge in [0.25, 0.3) is 0 Å². The van der Waals surface area contributed by atoms with Crippen molar-refractivity contribution in [1.29, 1.82) is 0 Å². The van der Waals surface area contributed by atoms with Crippen LogP contribution in [-0.2, 0) is 6.54 Å². The molecule has 2 nitrogen and oxygen atoms in total. The number of nitrogens with one attached hydrogen (secondary N) is 2. The fraction of sp³-hybridized carbons (Fsp3) is 0.125. The first-order chi connectivity index (χ1) is 8.84. The summed E-state index contributed by atoms with van der Waals surface area (Å²) in [5.74, 6) is 0. The Labute approximate surface area is 107 Å². The highest BCUT2D eigenvalue weighted by atomic mass is 14.9. The van der Waals surface area contributed by atoms with Gasteiger partial charge in [0, 0.05) is 29.3 Å². The van der Waals surface area contributed by atoms with E-state index in [2.05, 4.69) is 65.8 Å². The predicted molar refractivity (Wildman–Crippen MR) is 76.8 cm³/mol. The van der Waals surface area contributed by atoms with Gasteiger partial charge in [0.1, 0.15) is 0 Å². The minimum atomic E-state index is 0.847. The van der Waals surface area contributed by atoms with Gasteiger partial charge in [-0.1, -0.05) is 30.3 Å². The first-order valence-corrected chi connectivity index (χ1v) is 6.19. The highest BCUT2D eigenvalue weighted by molar-refractivity contribution is 5.83. The zero-order valence-electron chi connectivity index (χ0n) is 10.4. The molecule has 18 heavy (non-hydrogen) atoms. The zero-order chi connectivity index (χ0) is 12.4. The summed E-state index contributed by atoms with van der Waals surface area (Å²) in [5, 5.41) is 4.79. The Hall–Kier alpha value is -2.22. The smallest absolute Gasteiger partial charge is 0.0457 e. The van der Waals surface area contributed by atoms with E-state index >= 15 is 0 Å². The molecule has 0 unspecified atom stereocenters. The third-order valence-electron chi connectivity index (χ3n) is 3.30. The van der Waals surface area contributed by atoms with Crippen molar-refractivity contribution in [3.63, 3.8) is 0 Å². The molecule has 0 saturated heterocycles. The number of H-pyrrole nitrogens is 1. The quantitative estimate of drug-likeness (QED) is 0.704. The molecular weight excluding hydrogens is 220 g/mol. The molecule has 0 spiro atoms. The number of aryl methyl sites for hydroxylation is 1. The van der Waals surface area contributed by atoms with Crippen molar-refractivity contribution in [1.82, 2.24) is 4.98 Å². The van der Waals surface area contributed by atoms with E-state index in [4.69, 9.17) is 0 Å². The fourth-order valence-electron chi connectivity index (χ4n) is 2.27. The second-order valence-corrected chi connectivity index (χ2v) is 4.52. The lowest BCUT2D eigenvalue weighted by molar-refractivity contribution is 1.16. The van der Waals surface area contributed by atoms with E-state index in [0.29, 0.717) is 0 Å². The topological polar surface area (TPSA) is 27.8 Å². The SMILES string of the molecule is Cc1ccccc1NCc1cccc2[nH]ccc12.